The summed E-state index contributed by atoms with van der Waals surface area (Å²) in [4.78, 5) is 7.18. The third-order valence-corrected chi connectivity index (χ3v) is 5.26. The molecule has 0 unspecified atom stereocenters. The van der Waals surface area contributed by atoms with Crippen molar-refractivity contribution in [2.75, 3.05) is 13.1 Å². The summed E-state index contributed by atoms with van der Waals surface area (Å²) in [5.41, 5.74) is 0.167. The summed E-state index contributed by atoms with van der Waals surface area (Å²) in [6.07, 6.45) is 7.05. The molecule has 2 fully saturated rings. The number of nitrogens with zero attached hydrogens (tertiary/aromatic N) is 2. The highest BCUT2D eigenvalue weighted by molar-refractivity contribution is 7.09. The summed E-state index contributed by atoms with van der Waals surface area (Å²) in [5.74, 6) is 0. The molecule has 1 aliphatic carbocycles. The van der Waals surface area contributed by atoms with Crippen LogP contribution in [0.25, 0.3) is 0 Å². The van der Waals surface area contributed by atoms with E-state index in [0.717, 1.165) is 6.04 Å². The number of likely N-dealkylation sites (tertiary alicyclic amines) is 1. The van der Waals surface area contributed by atoms with Crippen LogP contribution in [-0.2, 0) is 5.54 Å². The zero-order chi connectivity index (χ0) is 12.6. The molecule has 2 aliphatic rings. The molecule has 0 spiro atoms. The van der Waals surface area contributed by atoms with E-state index in [4.69, 9.17) is 0 Å². The van der Waals surface area contributed by atoms with Crippen LogP contribution in [0.1, 0.15) is 44.5 Å². The predicted octanol–water partition coefficient (Wildman–Crippen LogP) is 2.59. The van der Waals surface area contributed by atoms with Crippen LogP contribution < -0.4 is 5.32 Å². The Morgan fingerprint density at radius 2 is 2.11 bits per heavy atom. The molecule has 0 atom stereocenters. The molecule has 0 radical (unpaired) electrons. The first kappa shape index (κ1) is 12.6. The van der Waals surface area contributed by atoms with E-state index in [1.807, 2.05) is 17.5 Å². The second-order valence-electron chi connectivity index (χ2n) is 5.97. The molecule has 4 heteroatoms. The van der Waals surface area contributed by atoms with Crippen molar-refractivity contribution in [1.29, 1.82) is 0 Å². The van der Waals surface area contributed by atoms with Crippen molar-refractivity contribution in [3.63, 3.8) is 0 Å². The van der Waals surface area contributed by atoms with Gasteiger partial charge in [-0.25, -0.2) is 4.98 Å². The fourth-order valence-electron chi connectivity index (χ4n) is 2.92. The third kappa shape index (κ3) is 2.46. The minimum absolute atomic E-state index is 0.167. The lowest BCUT2D eigenvalue weighted by Gasteiger charge is -2.43. The highest BCUT2D eigenvalue weighted by atomic mass is 32.1. The van der Waals surface area contributed by atoms with Crippen molar-refractivity contribution in [2.24, 2.45) is 0 Å². The zero-order valence-electron chi connectivity index (χ0n) is 11.4. The minimum Gasteiger partial charge on any atom is -0.303 e. The molecular formula is C14H23N3S. The van der Waals surface area contributed by atoms with Gasteiger partial charge in [0.1, 0.15) is 5.01 Å². The first-order chi connectivity index (χ1) is 8.70. The maximum absolute atomic E-state index is 4.60. The highest BCUT2D eigenvalue weighted by Gasteiger charge is 2.42. The Balaban J connectivity index is 1.75. The van der Waals surface area contributed by atoms with Crippen LogP contribution in [0, 0.1) is 0 Å². The van der Waals surface area contributed by atoms with Gasteiger partial charge in [-0.2, -0.15) is 0 Å². The fraction of sp³-hybridized carbons (Fsp3) is 0.786. The summed E-state index contributed by atoms with van der Waals surface area (Å²) in [6, 6.07) is 1.42. The van der Waals surface area contributed by atoms with E-state index in [-0.39, 0.29) is 5.54 Å². The molecule has 1 aromatic heterocycles. The molecule has 100 valence electrons. The molecule has 1 saturated heterocycles. The van der Waals surface area contributed by atoms with E-state index in [0.29, 0.717) is 6.04 Å². The van der Waals surface area contributed by atoms with Crippen LogP contribution in [0.2, 0.25) is 0 Å². The summed E-state index contributed by atoms with van der Waals surface area (Å²) in [7, 11) is 0. The topological polar surface area (TPSA) is 28.2 Å². The van der Waals surface area contributed by atoms with Crippen molar-refractivity contribution in [3.8, 4) is 0 Å². The fourth-order valence-corrected chi connectivity index (χ4v) is 3.78. The van der Waals surface area contributed by atoms with Gasteiger partial charge in [-0.3, -0.25) is 0 Å². The van der Waals surface area contributed by atoms with Gasteiger partial charge < -0.3 is 10.2 Å². The van der Waals surface area contributed by atoms with Gasteiger partial charge >= 0.3 is 0 Å². The Morgan fingerprint density at radius 1 is 1.39 bits per heavy atom. The van der Waals surface area contributed by atoms with Crippen LogP contribution >= 0.6 is 11.3 Å². The minimum atomic E-state index is 0.167. The van der Waals surface area contributed by atoms with E-state index in [1.165, 1.54) is 43.8 Å². The maximum atomic E-state index is 4.60. The molecule has 18 heavy (non-hydrogen) atoms. The number of rotatable bonds is 4. The van der Waals surface area contributed by atoms with Crippen LogP contribution in [0.3, 0.4) is 0 Å². The van der Waals surface area contributed by atoms with E-state index >= 15 is 0 Å². The molecular weight excluding hydrogens is 242 g/mol. The van der Waals surface area contributed by atoms with Gasteiger partial charge in [0.05, 0.1) is 5.54 Å². The summed E-state index contributed by atoms with van der Waals surface area (Å²) < 4.78 is 0. The van der Waals surface area contributed by atoms with Gasteiger partial charge in [0, 0.05) is 36.8 Å². The van der Waals surface area contributed by atoms with Gasteiger partial charge in [-0.1, -0.05) is 0 Å². The highest BCUT2D eigenvalue weighted by Crippen LogP contribution is 2.38. The van der Waals surface area contributed by atoms with E-state index in [2.05, 4.69) is 34.4 Å². The van der Waals surface area contributed by atoms with Gasteiger partial charge in [-0.15, -0.1) is 11.3 Å². The van der Waals surface area contributed by atoms with Gasteiger partial charge in [0.25, 0.3) is 0 Å². The Bertz CT molecular complexity index is 376. The summed E-state index contributed by atoms with van der Waals surface area (Å²) >= 11 is 1.82. The lowest BCUT2D eigenvalue weighted by atomic mass is 9.87. The van der Waals surface area contributed by atoms with Crippen LogP contribution in [0.5, 0.6) is 0 Å². The largest absolute Gasteiger partial charge is 0.303 e. The predicted molar refractivity (Wildman–Crippen MR) is 75.9 cm³/mol. The number of hydrogen-bond donors (Lipinski definition) is 1. The third-order valence-electron chi connectivity index (χ3n) is 4.28. The lowest BCUT2D eigenvalue weighted by molar-refractivity contribution is 0.108. The van der Waals surface area contributed by atoms with Crippen molar-refractivity contribution in [3.05, 3.63) is 16.6 Å². The number of aromatic nitrogens is 1. The molecule has 0 aromatic carbocycles. The Kier molecular flexibility index (Phi) is 3.43. The van der Waals surface area contributed by atoms with E-state index in [9.17, 15) is 0 Å². The van der Waals surface area contributed by atoms with E-state index in [1.54, 1.807) is 0 Å². The van der Waals surface area contributed by atoms with Crippen molar-refractivity contribution >= 4 is 11.3 Å². The number of piperidine rings is 1. The van der Waals surface area contributed by atoms with Gasteiger partial charge in [-0.05, 0) is 39.5 Å². The van der Waals surface area contributed by atoms with Crippen LogP contribution in [0.15, 0.2) is 11.6 Å². The number of thiazole rings is 1. The van der Waals surface area contributed by atoms with Crippen LogP contribution in [-0.4, -0.2) is 35.1 Å². The Morgan fingerprint density at radius 3 is 2.61 bits per heavy atom. The standard InChI is InChI=1S/C14H23N3S/c1-11(2)17-8-5-14(6-9-17,16-12-3-4-12)13-15-7-10-18-13/h7,10-12,16H,3-6,8-9H2,1-2H3. The molecule has 0 amide bonds. The monoisotopic (exact) mass is 265 g/mol. The quantitative estimate of drug-likeness (QED) is 0.907. The maximum Gasteiger partial charge on any atom is 0.113 e. The molecule has 1 aromatic rings. The Labute approximate surface area is 114 Å². The molecule has 0 bridgehead atoms. The van der Waals surface area contributed by atoms with Crippen LogP contribution in [0.4, 0.5) is 0 Å². The molecule has 1 N–H and O–H groups in total. The molecule has 1 aliphatic heterocycles. The SMILES string of the molecule is CC(C)N1CCC(NC2CC2)(c2nccs2)CC1. The average molecular weight is 265 g/mol. The van der Waals surface area contributed by atoms with Crippen molar-refractivity contribution in [1.82, 2.24) is 15.2 Å². The number of hydrogen-bond acceptors (Lipinski definition) is 4. The second-order valence-corrected chi connectivity index (χ2v) is 6.86. The first-order valence-electron chi connectivity index (χ1n) is 7.11. The van der Waals surface area contributed by atoms with Crippen molar-refractivity contribution in [2.45, 2.75) is 57.2 Å². The van der Waals surface area contributed by atoms with Gasteiger partial charge in [0.2, 0.25) is 0 Å². The molecule has 3 rings (SSSR count). The smallest absolute Gasteiger partial charge is 0.113 e. The summed E-state index contributed by atoms with van der Waals surface area (Å²) in [5, 5.41) is 7.30. The van der Waals surface area contributed by atoms with E-state index < -0.39 is 0 Å². The Hall–Kier alpha value is -0.450. The lowest BCUT2D eigenvalue weighted by Crippen LogP contribution is -2.53. The normalized spacial score (nSPS) is 24.6. The molecule has 3 nitrogen and oxygen atoms in total. The second kappa shape index (κ2) is 4.91. The van der Waals surface area contributed by atoms with Crippen molar-refractivity contribution < 1.29 is 0 Å². The van der Waals surface area contributed by atoms with Gasteiger partial charge in [0.15, 0.2) is 0 Å². The summed E-state index contributed by atoms with van der Waals surface area (Å²) in [6.45, 7) is 6.98. The average Bonchev–Trinajstić information content (AvgIpc) is 2.99. The molecule has 1 saturated carbocycles. The first-order valence-corrected chi connectivity index (χ1v) is 7.99. The molecule has 2 heterocycles. The number of nitrogens with one attached hydrogen (secondary N) is 1. The zero-order valence-corrected chi connectivity index (χ0v) is 12.2.